The fourth-order valence-electron chi connectivity index (χ4n) is 3.16. The van der Waals surface area contributed by atoms with Crippen molar-refractivity contribution in [1.29, 1.82) is 0 Å². The van der Waals surface area contributed by atoms with E-state index in [1.54, 1.807) is 25.3 Å². The van der Waals surface area contributed by atoms with E-state index in [4.69, 9.17) is 14.2 Å². The summed E-state index contributed by atoms with van der Waals surface area (Å²) < 4.78 is 45.1. The van der Waals surface area contributed by atoms with Crippen LogP contribution in [-0.2, 0) is 9.53 Å². The Kier molecular flexibility index (Phi) is 7.99. The maximum atomic E-state index is 14.5. The summed E-state index contributed by atoms with van der Waals surface area (Å²) in [6.45, 7) is 2.29. The second-order valence-corrected chi connectivity index (χ2v) is 7.26. The molecule has 0 aliphatic heterocycles. The van der Waals surface area contributed by atoms with Gasteiger partial charge in [0.05, 0.1) is 13.2 Å². The normalized spacial score (nSPS) is 13.6. The van der Waals surface area contributed by atoms with Gasteiger partial charge in [0.15, 0.2) is 17.4 Å². The van der Waals surface area contributed by atoms with Gasteiger partial charge in [-0.1, -0.05) is 0 Å². The van der Waals surface area contributed by atoms with Gasteiger partial charge in [0.2, 0.25) is 5.88 Å². The third kappa shape index (κ3) is 5.90. The lowest BCUT2D eigenvalue weighted by atomic mass is 9.96. The fraction of sp³-hybridized carbons (Fsp3) is 0.478. The number of carbonyl (C=O) groups excluding carboxylic acids is 1. The van der Waals surface area contributed by atoms with Crippen LogP contribution in [-0.4, -0.2) is 30.3 Å². The molecule has 1 aromatic heterocycles. The molecule has 1 aliphatic rings. The SMILES string of the molecule is CCOC(=O)CCCCCOc1c(F)cc(-c2cccnc2OC2CCC2)cc1F. The molecule has 0 bridgehead atoms. The lowest BCUT2D eigenvalue weighted by Crippen LogP contribution is -2.25. The first-order valence-corrected chi connectivity index (χ1v) is 10.5. The van der Waals surface area contributed by atoms with Crippen molar-refractivity contribution in [2.24, 2.45) is 0 Å². The summed E-state index contributed by atoms with van der Waals surface area (Å²) >= 11 is 0. The Morgan fingerprint density at radius 2 is 1.93 bits per heavy atom. The van der Waals surface area contributed by atoms with Crippen molar-refractivity contribution in [2.45, 2.75) is 58.0 Å². The topological polar surface area (TPSA) is 57.7 Å². The van der Waals surface area contributed by atoms with E-state index in [9.17, 15) is 13.6 Å². The van der Waals surface area contributed by atoms with Crippen molar-refractivity contribution < 1.29 is 27.8 Å². The van der Waals surface area contributed by atoms with Crippen molar-refractivity contribution in [3.63, 3.8) is 0 Å². The number of hydrogen-bond acceptors (Lipinski definition) is 5. The van der Waals surface area contributed by atoms with E-state index in [-0.39, 0.29) is 18.7 Å². The summed E-state index contributed by atoms with van der Waals surface area (Å²) in [4.78, 5) is 15.5. The molecule has 162 valence electrons. The standard InChI is InChI=1S/C23H27F2NO4/c1-2-28-21(27)11-4-3-5-13-29-22-19(24)14-16(15-20(22)25)18-10-7-12-26-23(18)30-17-8-6-9-17/h7,10,12,14-15,17H,2-6,8-9,11,13H2,1H3. The third-order valence-electron chi connectivity index (χ3n) is 4.99. The van der Waals surface area contributed by atoms with Crippen molar-refractivity contribution >= 4 is 5.97 Å². The molecule has 3 rings (SSSR count). The van der Waals surface area contributed by atoms with Gasteiger partial charge in [-0.2, -0.15) is 0 Å². The molecule has 0 atom stereocenters. The first kappa shape index (κ1) is 22.0. The van der Waals surface area contributed by atoms with E-state index in [1.807, 2.05) is 0 Å². The average Bonchev–Trinajstić information content (AvgIpc) is 2.69. The lowest BCUT2D eigenvalue weighted by molar-refractivity contribution is -0.143. The summed E-state index contributed by atoms with van der Waals surface area (Å²) in [6, 6.07) is 5.92. The molecule has 2 aromatic rings. The van der Waals surface area contributed by atoms with Crippen molar-refractivity contribution in [3.8, 4) is 22.8 Å². The number of aromatic nitrogens is 1. The number of hydrogen-bond donors (Lipinski definition) is 0. The van der Waals surface area contributed by atoms with E-state index >= 15 is 0 Å². The molecular formula is C23H27F2NO4. The van der Waals surface area contributed by atoms with Crippen LogP contribution in [0.2, 0.25) is 0 Å². The predicted molar refractivity (Wildman–Crippen MR) is 108 cm³/mol. The number of esters is 1. The molecule has 0 N–H and O–H groups in total. The van der Waals surface area contributed by atoms with Gasteiger partial charge < -0.3 is 14.2 Å². The van der Waals surface area contributed by atoms with Crippen LogP contribution in [0.15, 0.2) is 30.5 Å². The number of ether oxygens (including phenoxy) is 3. The summed E-state index contributed by atoms with van der Waals surface area (Å²) in [5.74, 6) is -1.78. The summed E-state index contributed by atoms with van der Waals surface area (Å²) in [6.07, 6.45) is 7.03. The van der Waals surface area contributed by atoms with Crippen LogP contribution in [0, 0.1) is 11.6 Å². The first-order chi connectivity index (χ1) is 14.6. The minimum absolute atomic E-state index is 0.111. The Morgan fingerprint density at radius 3 is 2.60 bits per heavy atom. The number of benzene rings is 1. The summed E-state index contributed by atoms with van der Waals surface area (Å²) in [7, 11) is 0. The van der Waals surface area contributed by atoms with E-state index in [0.717, 1.165) is 19.3 Å². The quantitative estimate of drug-likeness (QED) is 0.358. The maximum absolute atomic E-state index is 14.5. The molecule has 1 aromatic carbocycles. The summed E-state index contributed by atoms with van der Waals surface area (Å²) in [5.41, 5.74) is 0.905. The molecule has 0 saturated heterocycles. The third-order valence-corrected chi connectivity index (χ3v) is 4.99. The minimum atomic E-state index is -0.769. The van der Waals surface area contributed by atoms with Gasteiger partial charge in [-0.3, -0.25) is 4.79 Å². The smallest absolute Gasteiger partial charge is 0.305 e. The van der Waals surface area contributed by atoms with Gasteiger partial charge in [0, 0.05) is 18.2 Å². The van der Waals surface area contributed by atoms with Crippen molar-refractivity contribution in [3.05, 3.63) is 42.1 Å². The van der Waals surface area contributed by atoms with Crippen LogP contribution in [0.25, 0.3) is 11.1 Å². The number of pyridine rings is 1. The van der Waals surface area contributed by atoms with Gasteiger partial charge in [0.25, 0.3) is 0 Å². The fourth-order valence-corrected chi connectivity index (χ4v) is 3.16. The Hall–Kier alpha value is -2.70. The Bertz CT molecular complexity index is 832. The summed E-state index contributed by atoms with van der Waals surface area (Å²) in [5, 5.41) is 0. The van der Waals surface area contributed by atoms with E-state index < -0.39 is 17.4 Å². The van der Waals surface area contributed by atoms with Gasteiger partial charge in [0.1, 0.15) is 6.10 Å². The highest BCUT2D eigenvalue weighted by molar-refractivity contribution is 5.69. The molecule has 5 nitrogen and oxygen atoms in total. The average molecular weight is 419 g/mol. The van der Waals surface area contributed by atoms with Crippen LogP contribution >= 0.6 is 0 Å². The number of carbonyl (C=O) groups is 1. The molecule has 1 saturated carbocycles. The highest BCUT2D eigenvalue weighted by atomic mass is 19.1. The van der Waals surface area contributed by atoms with Crippen molar-refractivity contribution in [2.75, 3.05) is 13.2 Å². The number of nitrogens with zero attached hydrogens (tertiary/aromatic N) is 1. The zero-order valence-corrected chi connectivity index (χ0v) is 17.2. The molecule has 0 unspecified atom stereocenters. The molecule has 1 fully saturated rings. The molecule has 0 spiro atoms. The second-order valence-electron chi connectivity index (χ2n) is 7.26. The van der Waals surface area contributed by atoms with Crippen LogP contribution in [0.3, 0.4) is 0 Å². The molecule has 1 aliphatic carbocycles. The second kappa shape index (κ2) is 10.9. The van der Waals surface area contributed by atoms with Crippen LogP contribution in [0.1, 0.15) is 51.9 Å². The van der Waals surface area contributed by atoms with Crippen molar-refractivity contribution in [1.82, 2.24) is 4.98 Å². The van der Waals surface area contributed by atoms with Gasteiger partial charge >= 0.3 is 5.97 Å². The molecule has 0 radical (unpaired) electrons. The Morgan fingerprint density at radius 1 is 1.17 bits per heavy atom. The van der Waals surface area contributed by atoms with Crippen LogP contribution in [0.4, 0.5) is 8.78 Å². The number of halogens is 2. The first-order valence-electron chi connectivity index (χ1n) is 10.5. The highest BCUT2D eigenvalue weighted by Crippen LogP contribution is 2.35. The predicted octanol–water partition coefficient (Wildman–Crippen LogP) is 5.46. The van der Waals surface area contributed by atoms with E-state index in [0.29, 0.717) is 49.3 Å². The van der Waals surface area contributed by atoms with Gasteiger partial charge in [-0.05, 0) is 75.3 Å². The monoisotopic (exact) mass is 419 g/mol. The van der Waals surface area contributed by atoms with Gasteiger partial charge in [-0.25, -0.2) is 13.8 Å². The largest absolute Gasteiger partial charge is 0.488 e. The van der Waals surface area contributed by atoms with Crippen LogP contribution < -0.4 is 9.47 Å². The molecule has 30 heavy (non-hydrogen) atoms. The maximum Gasteiger partial charge on any atom is 0.305 e. The van der Waals surface area contributed by atoms with E-state index in [1.165, 1.54) is 12.1 Å². The number of rotatable bonds is 11. The molecule has 1 heterocycles. The Balaban J connectivity index is 1.57. The Labute approximate surface area is 175 Å². The zero-order chi connectivity index (χ0) is 21.3. The molecule has 0 amide bonds. The van der Waals surface area contributed by atoms with Crippen LogP contribution in [0.5, 0.6) is 11.6 Å². The highest BCUT2D eigenvalue weighted by Gasteiger charge is 2.22. The van der Waals surface area contributed by atoms with Gasteiger partial charge in [-0.15, -0.1) is 0 Å². The minimum Gasteiger partial charge on any atom is -0.488 e. The molecular weight excluding hydrogens is 392 g/mol. The van der Waals surface area contributed by atoms with E-state index in [2.05, 4.69) is 4.98 Å². The lowest BCUT2D eigenvalue weighted by Gasteiger charge is -2.26. The molecule has 7 heteroatoms. The zero-order valence-electron chi connectivity index (χ0n) is 17.2. The number of unbranched alkanes of at least 4 members (excludes halogenated alkanes) is 2.